The zero-order valence-electron chi connectivity index (χ0n) is 11.0. The van der Waals surface area contributed by atoms with E-state index in [0.717, 1.165) is 5.56 Å². The molecular formula is C16H12N2O3. The molecule has 2 aromatic rings. The van der Waals surface area contributed by atoms with Crippen LogP contribution in [0, 0.1) is 11.3 Å². The normalized spacial score (nSPS) is 9.67. The highest BCUT2D eigenvalue weighted by atomic mass is 16.4. The Balaban J connectivity index is 1.97. The van der Waals surface area contributed by atoms with E-state index < -0.39 is 5.97 Å². The van der Waals surface area contributed by atoms with Crippen molar-refractivity contribution in [3.63, 3.8) is 0 Å². The van der Waals surface area contributed by atoms with Crippen molar-refractivity contribution >= 4 is 17.6 Å². The van der Waals surface area contributed by atoms with Crippen molar-refractivity contribution in [3.8, 4) is 6.07 Å². The summed E-state index contributed by atoms with van der Waals surface area (Å²) in [7, 11) is 0. The van der Waals surface area contributed by atoms with Gasteiger partial charge in [0.25, 0.3) is 0 Å². The first-order valence-corrected chi connectivity index (χ1v) is 6.21. The topological polar surface area (TPSA) is 90.2 Å². The Morgan fingerprint density at radius 2 is 1.67 bits per heavy atom. The molecule has 0 radical (unpaired) electrons. The summed E-state index contributed by atoms with van der Waals surface area (Å²) >= 11 is 0. The van der Waals surface area contributed by atoms with E-state index in [4.69, 9.17) is 10.4 Å². The number of nitriles is 1. The molecule has 21 heavy (non-hydrogen) atoms. The lowest BCUT2D eigenvalue weighted by molar-refractivity contribution is -0.115. The molecule has 0 saturated carbocycles. The van der Waals surface area contributed by atoms with E-state index in [1.165, 1.54) is 12.1 Å². The van der Waals surface area contributed by atoms with Gasteiger partial charge in [-0.25, -0.2) is 4.79 Å². The molecule has 1 amide bonds. The van der Waals surface area contributed by atoms with E-state index in [1.54, 1.807) is 36.4 Å². The Labute approximate surface area is 121 Å². The SMILES string of the molecule is N#Cc1ccc(CC(=O)Nc2ccc(C(=O)O)cc2)cc1. The van der Waals surface area contributed by atoms with Crippen LogP contribution < -0.4 is 5.32 Å². The fourth-order valence-corrected chi connectivity index (χ4v) is 1.78. The van der Waals surface area contributed by atoms with Crippen LogP contribution in [0.3, 0.4) is 0 Å². The van der Waals surface area contributed by atoms with Crippen LogP contribution in [0.25, 0.3) is 0 Å². The second-order valence-corrected chi connectivity index (χ2v) is 4.42. The number of nitrogens with one attached hydrogen (secondary N) is 1. The summed E-state index contributed by atoms with van der Waals surface area (Å²) < 4.78 is 0. The van der Waals surface area contributed by atoms with Crippen LogP contribution in [0.15, 0.2) is 48.5 Å². The summed E-state index contributed by atoms with van der Waals surface area (Å²) in [4.78, 5) is 22.6. The van der Waals surface area contributed by atoms with E-state index in [-0.39, 0.29) is 17.9 Å². The molecule has 0 aliphatic heterocycles. The smallest absolute Gasteiger partial charge is 0.335 e. The van der Waals surface area contributed by atoms with E-state index in [1.807, 2.05) is 6.07 Å². The van der Waals surface area contributed by atoms with E-state index in [0.29, 0.717) is 11.3 Å². The molecule has 2 N–H and O–H groups in total. The van der Waals surface area contributed by atoms with Gasteiger partial charge in [-0.15, -0.1) is 0 Å². The summed E-state index contributed by atoms with van der Waals surface area (Å²) in [6, 6.07) is 14.7. The fourth-order valence-electron chi connectivity index (χ4n) is 1.78. The lowest BCUT2D eigenvalue weighted by atomic mass is 10.1. The molecule has 0 aliphatic carbocycles. The number of rotatable bonds is 4. The molecule has 0 fully saturated rings. The Bertz CT molecular complexity index is 698. The van der Waals surface area contributed by atoms with Gasteiger partial charge in [0, 0.05) is 5.69 Å². The van der Waals surface area contributed by atoms with Crippen LogP contribution >= 0.6 is 0 Å². The van der Waals surface area contributed by atoms with Gasteiger partial charge in [-0.2, -0.15) is 5.26 Å². The number of carbonyl (C=O) groups excluding carboxylic acids is 1. The molecule has 0 heterocycles. The van der Waals surface area contributed by atoms with Crippen molar-refractivity contribution in [1.82, 2.24) is 0 Å². The van der Waals surface area contributed by atoms with Gasteiger partial charge in [0.05, 0.1) is 23.6 Å². The van der Waals surface area contributed by atoms with Crippen LogP contribution in [0.1, 0.15) is 21.5 Å². The predicted octanol–water partition coefficient (Wildman–Crippen LogP) is 2.44. The molecule has 0 spiro atoms. The monoisotopic (exact) mass is 280 g/mol. The average molecular weight is 280 g/mol. The highest BCUT2D eigenvalue weighted by molar-refractivity contribution is 5.93. The maximum absolute atomic E-state index is 11.9. The Morgan fingerprint density at radius 3 is 2.19 bits per heavy atom. The van der Waals surface area contributed by atoms with E-state index in [9.17, 15) is 9.59 Å². The highest BCUT2D eigenvalue weighted by Crippen LogP contribution is 2.11. The highest BCUT2D eigenvalue weighted by Gasteiger charge is 2.06. The van der Waals surface area contributed by atoms with Crippen LogP contribution in [-0.2, 0) is 11.2 Å². The van der Waals surface area contributed by atoms with Gasteiger partial charge in [0.2, 0.25) is 5.91 Å². The molecule has 5 nitrogen and oxygen atoms in total. The minimum Gasteiger partial charge on any atom is -0.478 e. The number of carbonyl (C=O) groups is 2. The van der Waals surface area contributed by atoms with Crippen molar-refractivity contribution in [3.05, 3.63) is 65.2 Å². The molecule has 0 saturated heterocycles. The van der Waals surface area contributed by atoms with Gasteiger partial charge in [-0.1, -0.05) is 12.1 Å². The first-order chi connectivity index (χ1) is 10.1. The predicted molar refractivity (Wildman–Crippen MR) is 76.9 cm³/mol. The van der Waals surface area contributed by atoms with Gasteiger partial charge in [0.15, 0.2) is 0 Å². The summed E-state index contributed by atoms with van der Waals surface area (Å²) in [6.45, 7) is 0. The first-order valence-electron chi connectivity index (χ1n) is 6.21. The van der Waals surface area contributed by atoms with Crippen LogP contribution in [-0.4, -0.2) is 17.0 Å². The minimum absolute atomic E-state index is 0.167. The lowest BCUT2D eigenvalue weighted by Crippen LogP contribution is -2.14. The first kappa shape index (κ1) is 14.3. The number of aromatic carboxylic acids is 1. The van der Waals surface area contributed by atoms with E-state index in [2.05, 4.69) is 5.32 Å². The molecule has 0 bridgehead atoms. The summed E-state index contributed by atoms with van der Waals surface area (Å²) in [5.41, 5.74) is 2.05. The molecule has 0 atom stereocenters. The third-order valence-electron chi connectivity index (χ3n) is 2.86. The van der Waals surface area contributed by atoms with Crippen LogP contribution in [0.4, 0.5) is 5.69 Å². The number of nitrogens with zero attached hydrogens (tertiary/aromatic N) is 1. The molecule has 2 aromatic carbocycles. The maximum atomic E-state index is 11.9. The maximum Gasteiger partial charge on any atom is 0.335 e. The van der Waals surface area contributed by atoms with Gasteiger partial charge < -0.3 is 10.4 Å². The second-order valence-electron chi connectivity index (χ2n) is 4.42. The summed E-state index contributed by atoms with van der Waals surface area (Å²) in [5, 5.41) is 20.2. The quantitative estimate of drug-likeness (QED) is 0.900. The van der Waals surface area contributed by atoms with E-state index >= 15 is 0 Å². The lowest BCUT2D eigenvalue weighted by Gasteiger charge is -2.06. The number of hydrogen-bond acceptors (Lipinski definition) is 3. The number of benzene rings is 2. The Morgan fingerprint density at radius 1 is 1.05 bits per heavy atom. The Hall–Kier alpha value is -3.13. The number of carboxylic acid groups (broad SMARTS) is 1. The zero-order valence-corrected chi connectivity index (χ0v) is 11.0. The molecule has 104 valence electrons. The van der Waals surface area contributed by atoms with Crippen molar-refractivity contribution < 1.29 is 14.7 Å². The van der Waals surface area contributed by atoms with Gasteiger partial charge in [0.1, 0.15) is 0 Å². The third-order valence-corrected chi connectivity index (χ3v) is 2.86. The molecule has 0 aliphatic rings. The van der Waals surface area contributed by atoms with Crippen LogP contribution in [0.2, 0.25) is 0 Å². The second kappa shape index (κ2) is 6.35. The number of hydrogen-bond donors (Lipinski definition) is 2. The molecule has 5 heteroatoms. The van der Waals surface area contributed by atoms with Crippen molar-refractivity contribution in [2.24, 2.45) is 0 Å². The van der Waals surface area contributed by atoms with Gasteiger partial charge in [-0.05, 0) is 42.0 Å². The van der Waals surface area contributed by atoms with Gasteiger partial charge in [-0.3, -0.25) is 4.79 Å². The zero-order chi connectivity index (χ0) is 15.2. The molecular weight excluding hydrogens is 268 g/mol. The molecule has 2 rings (SSSR count). The standard InChI is InChI=1S/C16H12N2O3/c17-10-12-3-1-11(2-4-12)9-15(19)18-14-7-5-13(6-8-14)16(20)21/h1-8H,9H2,(H,18,19)(H,20,21). The number of amides is 1. The largest absolute Gasteiger partial charge is 0.478 e. The Kier molecular flexibility index (Phi) is 4.32. The molecule has 0 aromatic heterocycles. The summed E-state index contributed by atoms with van der Waals surface area (Å²) in [6.07, 6.45) is 0.187. The molecule has 0 unspecified atom stereocenters. The summed E-state index contributed by atoms with van der Waals surface area (Å²) in [5.74, 6) is -1.21. The number of anilines is 1. The van der Waals surface area contributed by atoms with Crippen LogP contribution in [0.5, 0.6) is 0 Å². The minimum atomic E-state index is -1.01. The van der Waals surface area contributed by atoms with Crippen molar-refractivity contribution in [2.45, 2.75) is 6.42 Å². The van der Waals surface area contributed by atoms with Crippen molar-refractivity contribution in [2.75, 3.05) is 5.32 Å². The van der Waals surface area contributed by atoms with Crippen molar-refractivity contribution in [1.29, 1.82) is 5.26 Å². The number of carboxylic acids is 1. The average Bonchev–Trinajstić information content (AvgIpc) is 2.48. The van der Waals surface area contributed by atoms with Gasteiger partial charge >= 0.3 is 5.97 Å². The third kappa shape index (κ3) is 3.91. The fraction of sp³-hybridized carbons (Fsp3) is 0.0625.